The van der Waals surface area contributed by atoms with Gasteiger partial charge in [0.2, 0.25) is 0 Å². The van der Waals surface area contributed by atoms with Crippen LogP contribution in [-0.4, -0.2) is 38.1 Å². The minimum absolute atomic E-state index is 0.0454. The van der Waals surface area contributed by atoms with E-state index < -0.39 is 17.9 Å². The maximum Gasteiger partial charge on any atom is 0.339 e. The number of aromatic carboxylic acids is 3. The lowest BCUT2D eigenvalue weighted by Crippen LogP contribution is -2.24. The lowest BCUT2D eigenvalue weighted by molar-refractivity contribution is 0.0680. The number of nitrogens with zero attached hydrogens (tertiary/aromatic N) is 1. The number of benzene rings is 9. The summed E-state index contributed by atoms with van der Waals surface area (Å²) in [6.45, 7) is 0.653. The molecule has 0 aromatic heterocycles. The molecular weight excluding hydrogens is 999 g/mol. The van der Waals surface area contributed by atoms with Crippen LogP contribution in [0.2, 0.25) is 0 Å². The Kier molecular flexibility index (Phi) is 18.3. The Hall–Kier alpha value is -9.85. The molecule has 13 nitrogen and oxygen atoms in total. The fraction of sp³-hybridized carbons (Fsp3) is 0.136. The van der Waals surface area contributed by atoms with Gasteiger partial charge in [-0.1, -0.05) is 182 Å². The maximum atomic E-state index is 13.1. The van der Waals surface area contributed by atoms with Gasteiger partial charge in [-0.05, 0) is 69.8 Å². The summed E-state index contributed by atoms with van der Waals surface area (Å²) in [5.41, 5.74) is 6.26. The lowest BCUT2D eigenvalue weighted by atomic mass is 10.0. The van der Waals surface area contributed by atoms with Crippen LogP contribution in [0.25, 0.3) is 0 Å². The summed E-state index contributed by atoms with van der Waals surface area (Å²) in [7, 11) is 0. The first-order valence-electron chi connectivity index (χ1n) is 25.5. The molecule has 79 heavy (non-hydrogen) atoms. The molecule has 0 heterocycles. The van der Waals surface area contributed by atoms with Crippen LogP contribution >= 0.6 is 0 Å². The van der Waals surface area contributed by atoms with Crippen LogP contribution in [-0.2, 0) is 59.3 Å². The van der Waals surface area contributed by atoms with Crippen LogP contribution in [0.5, 0.6) is 34.5 Å². The number of carboxylic acids is 3. The van der Waals surface area contributed by atoms with Gasteiger partial charge in [0, 0.05) is 36.3 Å². The molecule has 0 fully saturated rings. The first-order valence-corrected chi connectivity index (χ1v) is 25.5. The molecule has 0 aliphatic rings. The Morgan fingerprint density at radius 1 is 0.278 bits per heavy atom. The summed E-state index contributed by atoms with van der Waals surface area (Å²) in [6.07, 6.45) is 0. The average Bonchev–Trinajstić information content (AvgIpc) is 3.48. The third-order valence-corrected chi connectivity index (χ3v) is 12.8. The van der Waals surface area contributed by atoms with Gasteiger partial charge < -0.3 is 43.7 Å². The topological polar surface area (TPSA) is 171 Å². The molecule has 0 spiro atoms. The third-order valence-electron chi connectivity index (χ3n) is 12.8. The number of carboxylic acid groups (broad SMARTS) is 3. The molecule has 0 radical (unpaired) electrons. The van der Waals surface area contributed by atoms with Crippen molar-refractivity contribution in [2.45, 2.75) is 59.3 Å². The highest BCUT2D eigenvalue weighted by molar-refractivity contribution is 5.93. The molecule has 0 aliphatic carbocycles. The zero-order chi connectivity index (χ0) is 54.8. The van der Waals surface area contributed by atoms with Crippen LogP contribution in [0.4, 0.5) is 0 Å². The Morgan fingerprint density at radius 3 is 0.658 bits per heavy atom. The molecule has 9 rings (SSSR count). The summed E-state index contributed by atoms with van der Waals surface area (Å²) >= 11 is 0. The largest absolute Gasteiger partial charge is 0.489 e. The second kappa shape index (κ2) is 26.8. The van der Waals surface area contributed by atoms with Gasteiger partial charge >= 0.3 is 17.9 Å². The molecule has 0 amide bonds. The third kappa shape index (κ3) is 15.2. The minimum Gasteiger partial charge on any atom is -0.489 e. The summed E-state index contributed by atoms with van der Waals surface area (Å²) in [5.74, 6) is -2.58. The molecular formula is C66H57NO12. The highest BCUT2D eigenvalue weighted by Gasteiger charge is 2.26. The van der Waals surface area contributed by atoms with Crippen molar-refractivity contribution in [1.29, 1.82) is 0 Å². The van der Waals surface area contributed by atoms with E-state index in [4.69, 9.17) is 28.4 Å². The molecule has 0 saturated carbocycles. The number of carbonyl (C=O) groups is 3. The molecule has 13 heteroatoms. The van der Waals surface area contributed by atoms with E-state index in [1.807, 2.05) is 187 Å². The molecule has 9 aromatic rings. The van der Waals surface area contributed by atoms with E-state index in [2.05, 4.69) is 0 Å². The van der Waals surface area contributed by atoms with E-state index in [9.17, 15) is 29.7 Å². The van der Waals surface area contributed by atoms with Crippen molar-refractivity contribution >= 4 is 17.9 Å². The number of ether oxygens (including phenoxy) is 6. The second-order valence-electron chi connectivity index (χ2n) is 18.6. The van der Waals surface area contributed by atoms with Crippen LogP contribution in [0, 0.1) is 0 Å². The first kappa shape index (κ1) is 54.0. The van der Waals surface area contributed by atoms with E-state index in [-0.39, 0.29) is 110 Å². The quantitative estimate of drug-likeness (QED) is 0.0445. The Bertz CT molecular complexity index is 3090. The molecule has 9 aromatic carbocycles. The van der Waals surface area contributed by atoms with Crippen LogP contribution in [0.1, 0.15) is 81.1 Å². The number of hydrogen-bond acceptors (Lipinski definition) is 10. The Morgan fingerprint density at radius 2 is 0.468 bits per heavy atom. The van der Waals surface area contributed by atoms with Gasteiger partial charge in [-0.25, -0.2) is 14.4 Å². The van der Waals surface area contributed by atoms with Crippen molar-refractivity contribution < 1.29 is 58.1 Å². The molecule has 398 valence electrons. The predicted molar refractivity (Wildman–Crippen MR) is 298 cm³/mol. The number of rotatable bonds is 27. The second-order valence-corrected chi connectivity index (χ2v) is 18.6. The van der Waals surface area contributed by atoms with E-state index in [0.29, 0.717) is 16.7 Å². The average molecular weight is 1060 g/mol. The van der Waals surface area contributed by atoms with E-state index in [1.165, 1.54) is 18.2 Å². The van der Waals surface area contributed by atoms with Gasteiger partial charge in [0.05, 0.1) is 0 Å². The highest BCUT2D eigenvalue weighted by atomic mass is 16.5. The fourth-order valence-electron chi connectivity index (χ4n) is 8.74. The zero-order valence-electron chi connectivity index (χ0n) is 43.1. The van der Waals surface area contributed by atoms with E-state index >= 15 is 0 Å². The molecule has 0 unspecified atom stereocenters. The molecule has 0 saturated heterocycles. The van der Waals surface area contributed by atoms with Gasteiger partial charge in [-0.2, -0.15) is 0 Å². The van der Waals surface area contributed by atoms with Crippen molar-refractivity contribution in [3.63, 3.8) is 0 Å². The Balaban J connectivity index is 1.20. The molecule has 3 N–H and O–H groups in total. The van der Waals surface area contributed by atoms with Crippen LogP contribution in [0.15, 0.2) is 218 Å². The minimum atomic E-state index is -1.22. The van der Waals surface area contributed by atoms with Crippen LogP contribution in [0.3, 0.4) is 0 Å². The number of hydrogen-bond donors (Lipinski definition) is 3. The van der Waals surface area contributed by atoms with E-state index in [1.54, 1.807) is 18.2 Å². The monoisotopic (exact) mass is 1060 g/mol. The Labute approximate surface area is 458 Å². The first-order chi connectivity index (χ1) is 38.6. The standard InChI is InChI=1S/C66H57NO12/c68-64(69)55-34-58(74-40-46-19-7-1-8-20-46)52(31-61(55)77-43-49-25-13-4-14-26-49)37-67(38-53-32-62(78-44-50-27-15-5-16-28-50)56(65(70)71)35-59(53)75-41-47-21-9-2-10-22-47)39-54-33-63(79-45-51-29-17-6-18-30-51)57(66(72)73)36-60(54)76-42-48-23-11-3-12-24-48/h1-36H,37-45H2,(H,68,69)(H,70,71)(H,72,73). The zero-order valence-corrected chi connectivity index (χ0v) is 43.1. The highest BCUT2D eigenvalue weighted by Crippen LogP contribution is 2.38. The van der Waals surface area contributed by atoms with Gasteiger partial charge in [0.15, 0.2) is 0 Å². The van der Waals surface area contributed by atoms with E-state index in [0.717, 1.165) is 33.4 Å². The van der Waals surface area contributed by atoms with Gasteiger partial charge in [0.1, 0.15) is 90.8 Å². The summed E-state index contributed by atoms with van der Waals surface area (Å²) in [4.78, 5) is 41.3. The summed E-state index contributed by atoms with van der Waals surface area (Å²) in [5, 5.41) is 32.1. The van der Waals surface area contributed by atoms with Crippen LogP contribution < -0.4 is 28.4 Å². The van der Waals surface area contributed by atoms with Crippen molar-refractivity contribution in [2.75, 3.05) is 0 Å². The van der Waals surface area contributed by atoms with Crippen molar-refractivity contribution in [1.82, 2.24) is 4.90 Å². The van der Waals surface area contributed by atoms with Gasteiger partial charge in [0.25, 0.3) is 0 Å². The summed E-state index contributed by atoms with van der Waals surface area (Å²) < 4.78 is 38.7. The molecule has 0 bridgehead atoms. The smallest absolute Gasteiger partial charge is 0.339 e. The maximum absolute atomic E-state index is 13.1. The molecule has 0 atom stereocenters. The molecule has 0 aliphatic heterocycles. The normalized spacial score (nSPS) is 10.9. The van der Waals surface area contributed by atoms with Crippen molar-refractivity contribution in [2.24, 2.45) is 0 Å². The van der Waals surface area contributed by atoms with Gasteiger partial charge in [-0.3, -0.25) is 4.90 Å². The van der Waals surface area contributed by atoms with Crippen molar-refractivity contribution in [3.05, 3.63) is 285 Å². The lowest BCUT2D eigenvalue weighted by Gasteiger charge is -2.27. The fourth-order valence-corrected chi connectivity index (χ4v) is 8.74. The summed E-state index contributed by atoms with van der Waals surface area (Å²) in [6, 6.07) is 66.1. The van der Waals surface area contributed by atoms with Gasteiger partial charge in [-0.15, -0.1) is 0 Å². The predicted octanol–water partition coefficient (Wildman–Crippen LogP) is 13.5. The SMILES string of the molecule is O=C(O)c1cc(OCc2ccccc2)c(CN(Cc2cc(OCc3ccccc3)c(C(=O)O)cc2OCc2ccccc2)Cc2cc(OCc3ccccc3)c(C(=O)O)cc2OCc2ccccc2)cc1OCc1ccccc1. The van der Waals surface area contributed by atoms with Crippen molar-refractivity contribution in [3.8, 4) is 34.5 Å².